The van der Waals surface area contributed by atoms with Crippen molar-refractivity contribution in [2.45, 2.75) is 20.8 Å². The first-order valence-corrected chi connectivity index (χ1v) is 6.79. The van der Waals surface area contributed by atoms with Crippen LogP contribution < -0.4 is 0 Å². The molecule has 0 spiro atoms. The lowest BCUT2D eigenvalue weighted by atomic mass is 10.1. The molecule has 20 heavy (non-hydrogen) atoms. The van der Waals surface area contributed by atoms with Crippen molar-refractivity contribution in [3.63, 3.8) is 0 Å². The Morgan fingerprint density at radius 2 is 1.20 bits per heavy atom. The Kier molecular flexibility index (Phi) is 4.66. The molecule has 0 aliphatic heterocycles. The van der Waals surface area contributed by atoms with Crippen LogP contribution in [0.15, 0.2) is 59.0 Å². The standard InChI is InChI=1S/C15H12N2O.C2H6/c1-11-7-9-13(10-8-11)15-17-16-14(18-15)12-5-3-2-4-6-12;1-2/h2-10H,1H3;1-2H3. The molecule has 0 unspecified atom stereocenters. The van der Waals surface area contributed by atoms with E-state index >= 15 is 0 Å². The van der Waals surface area contributed by atoms with Crippen LogP contribution in [-0.2, 0) is 0 Å². The Labute approximate surface area is 119 Å². The van der Waals surface area contributed by atoms with Crippen molar-refractivity contribution >= 4 is 0 Å². The quantitative estimate of drug-likeness (QED) is 0.672. The molecular weight excluding hydrogens is 248 g/mol. The molecule has 0 N–H and O–H groups in total. The second kappa shape index (κ2) is 6.66. The van der Waals surface area contributed by atoms with Gasteiger partial charge < -0.3 is 4.42 Å². The molecule has 0 amide bonds. The van der Waals surface area contributed by atoms with E-state index in [2.05, 4.69) is 10.2 Å². The molecular formula is C17H18N2O. The van der Waals surface area contributed by atoms with Gasteiger partial charge in [-0.3, -0.25) is 0 Å². The number of nitrogens with zero attached hydrogens (tertiary/aromatic N) is 2. The van der Waals surface area contributed by atoms with Crippen LogP contribution in [0.3, 0.4) is 0 Å². The molecule has 0 aliphatic carbocycles. The highest BCUT2D eigenvalue weighted by Gasteiger charge is 2.09. The summed E-state index contributed by atoms with van der Waals surface area (Å²) in [6, 6.07) is 17.8. The summed E-state index contributed by atoms with van der Waals surface area (Å²) in [7, 11) is 0. The van der Waals surface area contributed by atoms with Gasteiger partial charge in [0.2, 0.25) is 11.8 Å². The topological polar surface area (TPSA) is 38.9 Å². The first-order chi connectivity index (χ1) is 9.83. The molecule has 3 heteroatoms. The maximum atomic E-state index is 5.67. The van der Waals surface area contributed by atoms with Gasteiger partial charge >= 0.3 is 0 Å². The Hall–Kier alpha value is -2.42. The minimum absolute atomic E-state index is 0.547. The monoisotopic (exact) mass is 266 g/mol. The number of benzene rings is 2. The van der Waals surface area contributed by atoms with E-state index in [1.165, 1.54) is 5.56 Å². The van der Waals surface area contributed by atoms with Crippen LogP contribution >= 0.6 is 0 Å². The number of aryl methyl sites for hydroxylation is 1. The highest BCUT2D eigenvalue weighted by atomic mass is 16.4. The predicted molar refractivity (Wildman–Crippen MR) is 81.3 cm³/mol. The SMILES string of the molecule is CC.Cc1ccc(-c2nnc(-c3ccccc3)o2)cc1. The summed E-state index contributed by atoms with van der Waals surface area (Å²) in [5.74, 6) is 1.10. The van der Waals surface area contributed by atoms with Crippen molar-refractivity contribution in [3.05, 3.63) is 60.2 Å². The van der Waals surface area contributed by atoms with Crippen molar-refractivity contribution in [3.8, 4) is 22.9 Å². The van der Waals surface area contributed by atoms with E-state index in [-0.39, 0.29) is 0 Å². The molecule has 102 valence electrons. The van der Waals surface area contributed by atoms with E-state index in [1.54, 1.807) is 0 Å². The lowest BCUT2D eigenvalue weighted by Crippen LogP contribution is -1.78. The Bertz CT molecular complexity index is 642. The third-order valence-electron chi connectivity index (χ3n) is 2.74. The van der Waals surface area contributed by atoms with Gasteiger partial charge in [-0.15, -0.1) is 10.2 Å². The van der Waals surface area contributed by atoms with E-state index in [0.29, 0.717) is 11.8 Å². The third kappa shape index (κ3) is 3.12. The van der Waals surface area contributed by atoms with Gasteiger partial charge in [0.1, 0.15) is 0 Å². The lowest BCUT2D eigenvalue weighted by molar-refractivity contribution is 0.584. The van der Waals surface area contributed by atoms with Crippen molar-refractivity contribution in [1.29, 1.82) is 0 Å². The first kappa shape index (κ1) is 14.0. The summed E-state index contributed by atoms with van der Waals surface area (Å²) < 4.78 is 5.67. The second-order valence-corrected chi connectivity index (χ2v) is 4.14. The molecule has 1 aromatic heterocycles. The van der Waals surface area contributed by atoms with Crippen molar-refractivity contribution < 1.29 is 4.42 Å². The molecule has 3 nitrogen and oxygen atoms in total. The van der Waals surface area contributed by atoms with E-state index < -0.39 is 0 Å². The molecule has 0 fully saturated rings. The summed E-state index contributed by atoms with van der Waals surface area (Å²) in [6.45, 7) is 6.05. The first-order valence-electron chi connectivity index (χ1n) is 6.79. The molecule has 1 heterocycles. The number of hydrogen-bond donors (Lipinski definition) is 0. The van der Waals surface area contributed by atoms with Crippen LogP contribution in [0.1, 0.15) is 19.4 Å². The molecule has 0 aliphatic rings. The van der Waals surface area contributed by atoms with Gasteiger partial charge in [0.25, 0.3) is 0 Å². The summed E-state index contributed by atoms with van der Waals surface area (Å²) in [6.07, 6.45) is 0. The highest BCUT2D eigenvalue weighted by molar-refractivity contribution is 5.57. The van der Waals surface area contributed by atoms with Crippen LogP contribution in [0.5, 0.6) is 0 Å². The van der Waals surface area contributed by atoms with E-state index in [4.69, 9.17) is 4.42 Å². The van der Waals surface area contributed by atoms with Gasteiger partial charge in [-0.25, -0.2) is 0 Å². The van der Waals surface area contributed by atoms with E-state index in [9.17, 15) is 0 Å². The fourth-order valence-electron chi connectivity index (χ4n) is 1.73. The fraction of sp³-hybridized carbons (Fsp3) is 0.176. The zero-order valence-electron chi connectivity index (χ0n) is 12.0. The maximum absolute atomic E-state index is 5.67. The average molecular weight is 266 g/mol. The van der Waals surface area contributed by atoms with Gasteiger partial charge in [0, 0.05) is 11.1 Å². The highest BCUT2D eigenvalue weighted by Crippen LogP contribution is 2.23. The smallest absolute Gasteiger partial charge is 0.248 e. The molecule has 2 aromatic carbocycles. The van der Waals surface area contributed by atoms with Crippen LogP contribution in [0.2, 0.25) is 0 Å². The number of rotatable bonds is 2. The van der Waals surface area contributed by atoms with Crippen LogP contribution in [-0.4, -0.2) is 10.2 Å². The van der Waals surface area contributed by atoms with Gasteiger partial charge in [-0.2, -0.15) is 0 Å². The summed E-state index contributed by atoms with van der Waals surface area (Å²) in [5, 5.41) is 8.14. The Morgan fingerprint density at radius 3 is 1.75 bits per heavy atom. The molecule has 3 rings (SSSR count). The second-order valence-electron chi connectivity index (χ2n) is 4.14. The predicted octanol–water partition coefficient (Wildman–Crippen LogP) is 4.74. The fourth-order valence-corrected chi connectivity index (χ4v) is 1.73. The summed E-state index contributed by atoms with van der Waals surface area (Å²) in [5.41, 5.74) is 3.08. The molecule has 0 radical (unpaired) electrons. The van der Waals surface area contributed by atoms with Crippen LogP contribution in [0.4, 0.5) is 0 Å². The largest absolute Gasteiger partial charge is 0.416 e. The molecule has 3 aromatic rings. The third-order valence-corrected chi connectivity index (χ3v) is 2.74. The van der Waals surface area contributed by atoms with E-state index in [0.717, 1.165) is 11.1 Å². The number of hydrogen-bond acceptors (Lipinski definition) is 3. The Morgan fingerprint density at radius 1 is 0.700 bits per heavy atom. The van der Waals surface area contributed by atoms with E-state index in [1.807, 2.05) is 75.4 Å². The Balaban J connectivity index is 0.000000704. The van der Waals surface area contributed by atoms with Crippen LogP contribution in [0.25, 0.3) is 22.9 Å². The van der Waals surface area contributed by atoms with Crippen molar-refractivity contribution in [2.75, 3.05) is 0 Å². The van der Waals surface area contributed by atoms with Crippen molar-refractivity contribution in [1.82, 2.24) is 10.2 Å². The number of aromatic nitrogens is 2. The summed E-state index contributed by atoms with van der Waals surface area (Å²) in [4.78, 5) is 0. The van der Waals surface area contributed by atoms with Gasteiger partial charge in [0.15, 0.2) is 0 Å². The van der Waals surface area contributed by atoms with Crippen LogP contribution in [0, 0.1) is 6.92 Å². The minimum atomic E-state index is 0.547. The van der Waals surface area contributed by atoms with Crippen molar-refractivity contribution in [2.24, 2.45) is 0 Å². The van der Waals surface area contributed by atoms with Gasteiger partial charge in [-0.1, -0.05) is 49.7 Å². The van der Waals surface area contributed by atoms with Gasteiger partial charge in [0.05, 0.1) is 0 Å². The minimum Gasteiger partial charge on any atom is -0.416 e. The summed E-state index contributed by atoms with van der Waals surface area (Å²) >= 11 is 0. The molecule has 0 saturated carbocycles. The zero-order valence-corrected chi connectivity index (χ0v) is 12.0. The maximum Gasteiger partial charge on any atom is 0.248 e. The molecule has 0 saturated heterocycles. The lowest BCUT2D eigenvalue weighted by Gasteiger charge is -1.95. The molecule has 0 atom stereocenters. The zero-order chi connectivity index (χ0) is 14.4. The normalized spacial score (nSPS) is 9.75. The molecule has 0 bridgehead atoms. The average Bonchev–Trinajstić information content (AvgIpc) is 3.01. The van der Waals surface area contributed by atoms with Gasteiger partial charge in [-0.05, 0) is 31.2 Å².